The molecule has 18 heavy (non-hydrogen) atoms. The van der Waals surface area contributed by atoms with Gasteiger partial charge in [0, 0.05) is 19.6 Å². The first kappa shape index (κ1) is 13.8. The van der Waals surface area contributed by atoms with E-state index < -0.39 is 0 Å². The normalized spacial score (nSPS) is 11.1. The van der Waals surface area contributed by atoms with Gasteiger partial charge < -0.3 is 5.32 Å². The molecule has 0 bridgehead atoms. The van der Waals surface area contributed by atoms with Crippen molar-refractivity contribution in [3.05, 3.63) is 38.3 Å². The van der Waals surface area contributed by atoms with Crippen molar-refractivity contribution in [1.29, 1.82) is 0 Å². The van der Waals surface area contributed by atoms with Crippen molar-refractivity contribution in [2.24, 2.45) is 0 Å². The Hall–Kier alpha value is -0.650. The van der Waals surface area contributed by atoms with Crippen LogP contribution in [0.25, 0.3) is 0 Å². The van der Waals surface area contributed by atoms with Gasteiger partial charge in [0.05, 0.1) is 15.9 Å². The number of hydrogen-bond donors (Lipinski definition) is 1. The predicted molar refractivity (Wildman–Crippen MR) is 79.8 cm³/mol. The number of halogens is 1. The highest BCUT2D eigenvalue weighted by Crippen LogP contribution is 2.22. The number of nitrogens with one attached hydrogen (secondary N) is 1. The third-order valence-electron chi connectivity index (χ3n) is 2.90. The number of hydrogen-bond acceptors (Lipinski definition) is 3. The second-order valence-electron chi connectivity index (χ2n) is 4.11. The highest BCUT2D eigenvalue weighted by atomic mass is 79.9. The Morgan fingerprint density at radius 1 is 1.39 bits per heavy atom. The molecular weight excluding hydrogens is 310 g/mol. The smallest absolute Gasteiger partial charge is 0.0767 e. The number of aryl methyl sites for hydroxylation is 2. The van der Waals surface area contributed by atoms with Gasteiger partial charge in [-0.25, -0.2) is 0 Å². The summed E-state index contributed by atoms with van der Waals surface area (Å²) in [6, 6.07) is 2.15. The van der Waals surface area contributed by atoms with Crippen molar-refractivity contribution in [3.63, 3.8) is 0 Å². The molecule has 3 nitrogen and oxygen atoms in total. The predicted octanol–water partition coefficient (Wildman–Crippen LogP) is 3.58. The van der Waals surface area contributed by atoms with Gasteiger partial charge in [-0.15, -0.1) is 0 Å². The maximum atomic E-state index is 4.59. The average molecular weight is 328 g/mol. The minimum Gasteiger partial charge on any atom is -0.307 e. The molecule has 1 N–H and O–H groups in total. The highest BCUT2D eigenvalue weighted by Gasteiger charge is 2.12. The first-order chi connectivity index (χ1) is 8.76. The van der Waals surface area contributed by atoms with Gasteiger partial charge in [0.2, 0.25) is 0 Å². The first-order valence-corrected chi connectivity index (χ1v) is 7.95. The number of thiophene rings is 1. The maximum absolute atomic E-state index is 4.59. The molecule has 0 aliphatic carbocycles. The maximum Gasteiger partial charge on any atom is 0.0767 e. The first-order valence-electron chi connectivity index (χ1n) is 6.22. The molecule has 0 saturated carbocycles. The van der Waals surface area contributed by atoms with E-state index in [1.54, 1.807) is 11.3 Å². The van der Waals surface area contributed by atoms with Crippen LogP contribution in [0.15, 0.2) is 21.3 Å². The van der Waals surface area contributed by atoms with Gasteiger partial charge in [-0.05, 0) is 51.7 Å². The van der Waals surface area contributed by atoms with Gasteiger partial charge in [-0.2, -0.15) is 16.4 Å². The quantitative estimate of drug-likeness (QED) is 0.878. The largest absolute Gasteiger partial charge is 0.307 e. The van der Waals surface area contributed by atoms with Crippen molar-refractivity contribution in [3.8, 4) is 0 Å². The van der Waals surface area contributed by atoms with Gasteiger partial charge >= 0.3 is 0 Å². The Bertz CT molecular complexity index is 491. The summed E-state index contributed by atoms with van der Waals surface area (Å²) in [4.78, 5) is 0. The Morgan fingerprint density at radius 2 is 2.22 bits per heavy atom. The fourth-order valence-corrected chi connectivity index (χ4v) is 3.28. The number of nitrogens with zero attached hydrogens (tertiary/aromatic N) is 2. The Labute approximate surface area is 120 Å². The average Bonchev–Trinajstić information content (AvgIpc) is 2.99. The summed E-state index contributed by atoms with van der Waals surface area (Å²) in [5.41, 5.74) is 3.73. The molecule has 0 fully saturated rings. The molecule has 0 aromatic carbocycles. The van der Waals surface area contributed by atoms with E-state index in [9.17, 15) is 0 Å². The molecule has 0 spiro atoms. The van der Waals surface area contributed by atoms with Crippen LogP contribution in [0.5, 0.6) is 0 Å². The lowest BCUT2D eigenvalue weighted by molar-refractivity contribution is 0.577. The van der Waals surface area contributed by atoms with Crippen molar-refractivity contribution in [2.75, 3.05) is 0 Å². The molecule has 2 rings (SSSR count). The Morgan fingerprint density at radius 3 is 2.83 bits per heavy atom. The third-order valence-corrected chi connectivity index (χ3v) is 4.54. The van der Waals surface area contributed by atoms with Crippen LogP contribution in [0.3, 0.4) is 0 Å². The SMILES string of the molecule is CCc1nn(CC)c(CNCc2ccsc2)c1Br. The molecular formula is C13H18BrN3S. The van der Waals surface area contributed by atoms with Crippen LogP contribution in [-0.4, -0.2) is 9.78 Å². The van der Waals surface area contributed by atoms with Gasteiger partial charge in [-0.3, -0.25) is 4.68 Å². The molecule has 5 heteroatoms. The minimum absolute atomic E-state index is 0.845. The zero-order valence-corrected chi connectivity index (χ0v) is 13.1. The Kier molecular flexibility index (Phi) is 4.97. The lowest BCUT2D eigenvalue weighted by atomic mass is 10.3. The standard InChI is InChI=1S/C13H18BrN3S/c1-3-11-13(14)12(17(4-2)16-11)8-15-7-10-5-6-18-9-10/h5-6,9,15H,3-4,7-8H2,1-2H3. The lowest BCUT2D eigenvalue weighted by Crippen LogP contribution is -2.16. The van der Waals surface area contributed by atoms with Gasteiger partial charge in [-0.1, -0.05) is 6.92 Å². The van der Waals surface area contributed by atoms with Gasteiger partial charge in [0.1, 0.15) is 0 Å². The van der Waals surface area contributed by atoms with Crippen molar-refractivity contribution in [1.82, 2.24) is 15.1 Å². The van der Waals surface area contributed by atoms with E-state index in [1.165, 1.54) is 11.3 Å². The fourth-order valence-electron chi connectivity index (χ4n) is 1.90. The molecule has 0 atom stereocenters. The van der Waals surface area contributed by atoms with Crippen LogP contribution in [-0.2, 0) is 26.1 Å². The summed E-state index contributed by atoms with van der Waals surface area (Å²) in [5, 5.41) is 12.4. The fraction of sp³-hybridized carbons (Fsp3) is 0.462. The summed E-state index contributed by atoms with van der Waals surface area (Å²) in [6.07, 6.45) is 0.963. The molecule has 2 aromatic rings. The molecule has 0 aliphatic heterocycles. The summed E-state index contributed by atoms with van der Waals surface area (Å²) in [5.74, 6) is 0. The van der Waals surface area contributed by atoms with E-state index in [0.717, 1.165) is 36.2 Å². The van der Waals surface area contributed by atoms with Crippen LogP contribution in [0, 0.1) is 0 Å². The molecule has 0 radical (unpaired) electrons. The minimum atomic E-state index is 0.845. The summed E-state index contributed by atoms with van der Waals surface area (Å²) in [7, 11) is 0. The zero-order valence-electron chi connectivity index (χ0n) is 10.7. The summed E-state index contributed by atoms with van der Waals surface area (Å²) < 4.78 is 3.23. The highest BCUT2D eigenvalue weighted by molar-refractivity contribution is 9.10. The van der Waals surface area contributed by atoms with Crippen molar-refractivity contribution >= 4 is 27.3 Å². The number of aromatic nitrogens is 2. The van der Waals surface area contributed by atoms with E-state index in [1.807, 2.05) is 0 Å². The van der Waals surface area contributed by atoms with Crippen LogP contribution < -0.4 is 5.32 Å². The number of rotatable bonds is 6. The van der Waals surface area contributed by atoms with Crippen LogP contribution in [0.1, 0.15) is 30.8 Å². The lowest BCUT2D eigenvalue weighted by Gasteiger charge is -2.06. The van der Waals surface area contributed by atoms with E-state index in [-0.39, 0.29) is 0 Å². The molecule has 2 heterocycles. The summed E-state index contributed by atoms with van der Waals surface area (Å²) in [6.45, 7) is 6.93. The zero-order chi connectivity index (χ0) is 13.0. The second-order valence-corrected chi connectivity index (χ2v) is 5.68. The van der Waals surface area contributed by atoms with Crippen molar-refractivity contribution < 1.29 is 0 Å². The topological polar surface area (TPSA) is 29.9 Å². The molecule has 0 amide bonds. The molecule has 0 unspecified atom stereocenters. The second kappa shape index (κ2) is 6.50. The van der Waals surface area contributed by atoms with Crippen LogP contribution in [0.2, 0.25) is 0 Å². The Balaban J connectivity index is 2.01. The van der Waals surface area contributed by atoms with Crippen molar-refractivity contribution in [2.45, 2.75) is 39.9 Å². The van der Waals surface area contributed by atoms with Crippen LogP contribution in [0.4, 0.5) is 0 Å². The van der Waals surface area contributed by atoms with Crippen LogP contribution >= 0.6 is 27.3 Å². The van der Waals surface area contributed by atoms with E-state index in [0.29, 0.717) is 0 Å². The van der Waals surface area contributed by atoms with E-state index in [2.05, 4.69) is 61.7 Å². The van der Waals surface area contributed by atoms with Gasteiger partial charge in [0.15, 0.2) is 0 Å². The molecule has 98 valence electrons. The van der Waals surface area contributed by atoms with E-state index in [4.69, 9.17) is 0 Å². The monoisotopic (exact) mass is 327 g/mol. The molecule has 0 saturated heterocycles. The van der Waals surface area contributed by atoms with Gasteiger partial charge in [0.25, 0.3) is 0 Å². The molecule has 2 aromatic heterocycles. The van der Waals surface area contributed by atoms with E-state index >= 15 is 0 Å². The summed E-state index contributed by atoms with van der Waals surface area (Å²) >= 11 is 5.40. The molecule has 0 aliphatic rings. The third kappa shape index (κ3) is 3.02.